The van der Waals surface area contributed by atoms with Crippen molar-refractivity contribution in [3.05, 3.63) is 0 Å². The van der Waals surface area contributed by atoms with Crippen LogP contribution in [0.15, 0.2) is 0 Å². The van der Waals surface area contributed by atoms with Crippen LogP contribution in [-0.2, 0) is 38.7 Å². The number of carbonyl (C=O) groups excluding carboxylic acids is 1. The highest BCUT2D eigenvalue weighted by Gasteiger charge is 2.48. The van der Waals surface area contributed by atoms with Crippen LogP contribution in [0.5, 0.6) is 0 Å². The number of carbonyl (C=O) groups is 1. The molecule has 0 radical (unpaired) electrons. The zero-order chi connectivity index (χ0) is 18.0. The summed E-state index contributed by atoms with van der Waals surface area (Å²) < 4.78 is 72.8. The molecule has 0 bridgehead atoms. The van der Waals surface area contributed by atoms with Crippen molar-refractivity contribution in [1.29, 1.82) is 0 Å². The quantitative estimate of drug-likeness (QED) is 0.285. The van der Waals surface area contributed by atoms with Crippen molar-refractivity contribution < 1.29 is 54.1 Å². The molecule has 0 spiro atoms. The van der Waals surface area contributed by atoms with E-state index in [-0.39, 0.29) is 0 Å². The van der Waals surface area contributed by atoms with E-state index in [2.05, 4.69) is 13.7 Å². The SMILES string of the molecule is CC(=O)N[C@@H]1[C@@H](O)[C@@H](OS(=O)(=O)O)[C@@H](COS(=O)(=O)O)O[C@H]1O. The van der Waals surface area contributed by atoms with Crippen molar-refractivity contribution in [3.63, 3.8) is 0 Å². The minimum Gasteiger partial charge on any atom is -0.388 e. The summed E-state index contributed by atoms with van der Waals surface area (Å²) in [5.74, 6) is -0.713. The van der Waals surface area contributed by atoms with Crippen LogP contribution in [0.25, 0.3) is 0 Å². The highest BCUT2D eigenvalue weighted by atomic mass is 32.3. The van der Waals surface area contributed by atoms with Crippen LogP contribution in [-0.4, -0.2) is 79.3 Å². The molecule has 23 heavy (non-hydrogen) atoms. The Kier molecular flexibility index (Phi) is 6.41. The molecule has 0 saturated carbocycles. The van der Waals surface area contributed by atoms with Gasteiger partial charge in [0.1, 0.15) is 24.4 Å². The first-order valence-corrected chi connectivity index (χ1v) is 8.59. The molecule has 1 aliphatic rings. The average molecular weight is 381 g/mol. The Labute approximate surface area is 131 Å². The van der Waals surface area contributed by atoms with Crippen LogP contribution in [0.4, 0.5) is 0 Å². The molecule has 136 valence electrons. The third-order valence-corrected chi connectivity index (χ3v) is 3.58. The predicted molar refractivity (Wildman–Crippen MR) is 68.4 cm³/mol. The minimum atomic E-state index is -5.11. The van der Waals surface area contributed by atoms with Gasteiger partial charge in [-0.15, -0.1) is 0 Å². The topological polar surface area (TPSA) is 206 Å². The molecule has 0 aromatic carbocycles. The van der Waals surface area contributed by atoms with Crippen molar-refractivity contribution in [2.75, 3.05) is 6.61 Å². The fourth-order valence-corrected chi connectivity index (χ4v) is 2.70. The first kappa shape index (κ1) is 20.1. The van der Waals surface area contributed by atoms with Crippen LogP contribution in [0.1, 0.15) is 6.92 Å². The van der Waals surface area contributed by atoms with Crippen LogP contribution >= 0.6 is 0 Å². The van der Waals surface area contributed by atoms with Gasteiger partial charge in [0.2, 0.25) is 5.91 Å². The van der Waals surface area contributed by atoms with Crippen LogP contribution in [0, 0.1) is 0 Å². The molecule has 1 fully saturated rings. The molecule has 1 heterocycles. The third-order valence-electron chi connectivity index (χ3n) is 2.68. The summed E-state index contributed by atoms with van der Waals surface area (Å²) >= 11 is 0. The highest BCUT2D eigenvalue weighted by molar-refractivity contribution is 7.81. The van der Waals surface area contributed by atoms with E-state index in [9.17, 15) is 31.8 Å². The monoisotopic (exact) mass is 381 g/mol. The van der Waals surface area contributed by atoms with Crippen molar-refractivity contribution >= 4 is 26.7 Å². The van der Waals surface area contributed by atoms with Gasteiger partial charge >= 0.3 is 20.8 Å². The molecule has 5 atom stereocenters. The number of hydrogen-bond donors (Lipinski definition) is 5. The minimum absolute atomic E-state index is 0.713. The van der Waals surface area contributed by atoms with Gasteiger partial charge < -0.3 is 20.3 Å². The van der Waals surface area contributed by atoms with Gasteiger partial charge in [-0.2, -0.15) is 16.8 Å². The largest absolute Gasteiger partial charge is 0.397 e. The normalized spacial score (nSPS) is 32.5. The lowest BCUT2D eigenvalue weighted by atomic mass is 9.97. The molecule has 1 amide bonds. The molecule has 1 rings (SSSR count). The number of hydrogen-bond acceptors (Lipinski definition) is 10. The van der Waals surface area contributed by atoms with Gasteiger partial charge in [0.25, 0.3) is 0 Å². The second kappa shape index (κ2) is 7.32. The summed E-state index contributed by atoms with van der Waals surface area (Å²) in [5, 5.41) is 21.7. The number of aliphatic hydroxyl groups excluding tert-OH is 2. The Morgan fingerprint density at radius 1 is 1.17 bits per heavy atom. The lowest BCUT2D eigenvalue weighted by Crippen LogP contribution is -2.65. The van der Waals surface area contributed by atoms with E-state index in [0.717, 1.165) is 6.92 Å². The van der Waals surface area contributed by atoms with Gasteiger partial charge in [0.15, 0.2) is 6.29 Å². The Morgan fingerprint density at radius 2 is 1.74 bits per heavy atom. The molecule has 1 saturated heterocycles. The van der Waals surface area contributed by atoms with E-state index in [4.69, 9.17) is 13.8 Å². The number of rotatable bonds is 6. The summed E-state index contributed by atoms with van der Waals surface area (Å²) in [7, 11) is -10.1. The molecule has 15 heteroatoms. The molecule has 0 aromatic rings. The first-order chi connectivity index (χ1) is 10.3. The molecule has 13 nitrogen and oxygen atoms in total. The lowest BCUT2D eigenvalue weighted by Gasteiger charge is -2.41. The smallest absolute Gasteiger partial charge is 0.388 e. The van der Waals surface area contributed by atoms with E-state index >= 15 is 0 Å². The summed E-state index contributed by atoms with van der Waals surface area (Å²) in [4.78, 5) is 11.0. The van der Waals surface area contributed by atoms with Gasteiger partial charge in [0, 0.05) is 6.92 Å². The number of aliphatic hydroxyl groups is 2. The zero-order valence-corrected chi connectivity index (χ0v) is 13.1. The van der Waals surface area contributed by atoms with Crippen LogP contribution < -0.4 is 5.32 Å². The lowest BCUT2D eigenvalue weighted by molar-refractivity contribution is -0.247. The molecule has 0 aliphatic carbocycles. The standard InChI is InChI=1S/C8H15NO12S2/c1-3(10)9-5-6(11)7(21-23(16,17)18)4(20-8(5)12)2-19-22(13,14)15/h4-8,11-12H,2H2,1H3,(H,9,10)(H,13,14,15)(H,16,17,18)/t4-,5-,6-,7+,8-/m1/s1. The van der Waals surface area contributed by atoms with Crippen LogP contribution in [0.2, 0.25) is 0 Å². The van der Waals surface area contributed by atoms with Gasteiger partial charge in [-0.25, -0.2) is 8.37 Å². The van der Waals surface area contributed by atoms with E-state index in [1.54, 1.807) is 0 Å². The van der Waals surface area contributed by atoms with E-state index in [0.29, 0.717) is 0 Å². The first-order valence-electron chi connectivity index (χ1n) is 5.86. The second-order valence-electron chi connectivity index (χ2n) is 4.48. The molecule has 0 aromatic heterocycles. The van der Waals surface area contributed by atoms with E-state index in [1.165, 1.54) is 0 Å². The Morgan fingerprint density at radius 3 is 2.17 bits per heavy atom. The van der Waals surface area contributed by atoms with Crippen LogP contribution in [0.3, 0.4) is 0 Å². The maximum atomic E-state index is 11.0. The fourth-order valence-electron chi connectivity index (χ4n) is 1.87. The predicted octanol–water partition coefficient (Wildman–Crippen LogP) is -3.42. The van der Waals surface area contributed by atoms with Crippen molar-refractivity contribution in [1.82, 2.24) is 5.32 Å². The average Bonchev–Trinajstić information content (AvgIpc) is 2.33. The number of ether oxygens (including phenoxy) is 1. The van der Waals surface area contributed by atoms with E-state index < -0.39 is 64.0 Å². The summed E-state index contributed by atoms with van der Waals surface area (Å²) in [6.07, 6.45) is -7.49. The van der Waals surface area contributed by atoms with Crippen molar-refractivity contribution in [2.24, 2.45) is 0 Å². The number of amides is 1. The molecular weight excluding hydrogens is 366 g/mol. The summed E-state index contributed by atoms with van der Waals surface area (Å²) in [5.41, 5.74) is 0. The molecule has 5 N–H and O–H groups in total. The molecule has 0 unspecified atom stereocenters. The molecular formula is C8H15NO12S2. The van der Waals surface area contributed by atoms with Gasteiger partial charge in [0.05, 0.1) is 6.61 Å². The Bertz CT molecular complexity index is 629. The number of nitrogens with one attached hydrogen (secondary N) is 1. The summed E-state index contributed by atoms with van der Waals surface area (Å²) in [6.45, 7) is -0.0223. The van der Waals surface area contributed by atoms with Gasteiger partial charge in [-0.3, -0.25) is 13.9 Å². The van der Waals surface area contributed by atoms with Crippen molar-refractivity contribution in [3.8, 4) is 0 Å². The van der Waals surface area contributed by atoms with Gasteiger partial charge in [-0.1, -0.05) is 0 Å². The van der Waals surface area contributed by atoms with E-state index in [1.807, 2.05) is 0 Å². The Balaban J connectivity index is 3.01. The fraction of sp³-hybridized carbons (Fsp3) is 0.875. The maximum absolute atomic E-state index is 11.0. The van der Waals surface area contributed by atoms with Gasteiger partial charge in [-0.05, 0) is 0 Å². The highest BCUT2D eigenvalue weighted by Crippen LogP contribution is 2.24. The maximum Gasteiger partial charge on any atom is 0.397 e. The van der Waals surface area contributed by atoms with Crippen molar-refractivity contribution in [2.45, 2.75) is 37.6 Å². The Hall–Kier alpha value is -0.910. The molecule has 1 aliphatic heterocycles. The third kappa shape index (κ3) is 6.61. The zero-order valence-electron chi connectivity index (χ0n) is 11.5. The second-order valence-corrected chi connectivity index (χ2v) is 6.62. The summed E-state index contributed by atoms with van der Waals surface area (Å²) in [6, 6.07) is -1.54.